The number of carbonyl (C=O) groups is 4. The van der Waals surface area contributed by atoms with E-state index in [1.807, 2.05) is 0 Å². The Morgan fingerprint density at radius 2 is 1.88 bits per heavy atom. The molecule has 3 amide bonds. The van der Waals surface area contributed by atoms with Gasteiger partial charge in [-0.2, -0.15) is 0 Å². The van der Waals surface area contributed by atoms with Gasteiger partial charge in [0.2, 0.25) is 15.6 Å². The van der Waals surface area contributed by atoms with Gasteiger partial charge in [0.25, 0.3) is 5.91 Å². The van der Waals surface area contributed by atoms with Crippen LogP contribution < -0.4 is 16.1 Å². The first-order valence-electron chi connectivity index (χ1n) is 10.9. The Balaban J connectivity index is 2.65. The highest BCUT2D eigenvalue weighted by atomic mass is 35.6. The van der Waals surface area contributed by atoms with E-state index < -0.39 is 46.3 Å². The topological polar surface area (TPSA) is 117 Å². The summed E-state index contributed by atoms with van der Waals surface area (Å²) in [6.45, 7) is 8.70. The molecule has 1 heterocycles. The molecule has 3 atom stereocenters. The summed E-state index contributed by atoms with van der Waals surface area (Å²) >= 11 is 16.8. The molecule has 1 saturated heterocycles. The van der Waals surface area contributed by atoms with E-state index in [0.717, 1.165) is 0 Å². The SMILES string of the molecule is C=CCCCC(=O)NC(C(=O)N[C@@H](C)C(=O)N1CCC[C@@H](C(=O)OCC(Cl)(Cl)Cl)N1)C(C)C. The van der Waals surface area contributed by atoms with Gasteiger partial charge in [0.05, 0.1) is 0 Å². The zero-order valence-electron chi connectivity index (χ0n) is 19.2. The lowest BCUT2D eigenvalue weighted by Gasteiger charge is -2.34. The number of nitrogens with zero attached hydrogens (tertiary/aromatic N) is 1. The van der Waals surface area contributed by atoms with Gasteiger partial charge in [-0.05, 0) is 38.5 Å². The number of amides is 3. The van der Waals surface area contributed by atoms with Crippen LogP contribution in [0.5, 0.6) is 0 Å². The van der Waals surface area contributed by atoms with Crippen LogP contribution >= 0.6 is 34.8 Å². The Morgan fingerprint density at radius 1 is 1.21 bits per heavy atom. The summed E-state index contributed by atoms with van der Waals surface area (Å²) in [6.07, 6.45) is 4.35. The molecule has 0 saturated carbocycles. The Hall–Kier alpha value is -1.55. The number of hydrogen-bond acceptors (Lipinski definition) is 6. The van der Waals surface area contributed by atoms with Crippen molar-refractivity contribution in [3.63, 3.8) is 0 Å². The maximum absolute atomic E-state index is 12.8. The molecule has 0 radical (unpaired) electrons. The average Bonchev–Trinajstić information content (AvgIpc) is 2.74. The minimum atomic E-state index is -1.73. The molecule has 1 rings (SSSR count). The molecular weight excluding hydrogens is 495 g/mol. The highest BCUT2D eigenvalue weighted by Crippen LogP contribution is 2.26. The fourth-order valence-electron chi connectivity index (χ4n) is 3.15. The smallest absolute Gasteiger partial charge is 0.325 e. The van der Waals surface area contributed by atoms with Crippen LogP contribution in [0.25, 0.3) is 0 Å². The van der Waals surface area contributed by atoms with E-state index >= 15 is 0 Å². The molecular formula is C21H33Cl3N4O5. The van der Waals surface area contributed by atoms with E-state index in [0.29, 0.717) is 32.2 Å². The number of carbonyl (C=O) groups excluding carboxylic acids is 4. The molecule has 12 heteroatoms. The van der Waals surface area contributed by atoms with Crippen LogP contribution in [-0.4, -0.2) is 63.8 Å². The molecule has 0 aromatic rings. The predicted octanol–water partition coefficient (Wildman–Crippen LogP) is 2.40. The monoisotopic (exact) mass is 526 g/mol. The molecule has 1 fully saturated rings. The van der Waals surface area contributed by atoms with E-state index in [-0.39, 0.29) is 18.2 Å². The van der Waals surface area contributed by atoms with E-state index in [9.17, 15) is 19.2 Å². The van der Waals surface area contributed by atoms with E-state index in [1.165, 1.54) is 11.9 Å². The standard InChI is InChI=1S/C21H33Cl3N4O5/c1-5-6-7-10-16(29)26-17(13(2)3)18(30)25-14(4)19(31)28-11-8-9-15(27-28)20(32)33-12-21(22,23)24/h5,13-15,17,27H,1,6-12H2,2-4H3,(H,25,30)(H,26,29)/t14-,15-,17?/m0/s1. The summed E-state index contributed by atoms with van der Waals surface area (Å²) in [7, 11) is 0. The summed E-state index contributed by atoms with van der Waals surface area (Å²) in [5.41, 5.74) is 2.81. The van der Waals surface area contributed by atoms with Gasteiger partial charge in [0.15, 0.2) is 0 Å². The van der Waals surface area contributed by atoms with Crippen molar-refractivity contribution in [1.29, 1.82) is 0 Å². The van der Waals surface area contributed by atoms with Gasteiger partial charge in [-0.3, -0.25) is 24.2 Å². The Kier molecular flexibility index (Phi) is 12.5. The number of hydrogen-bond donors (Lipinski definition) is 3. The second-order valence-corrected chi connectivity index (χ2v) is 10.8. The fraction of sp³-hybridized carbons (Fsp3) is 0.714. The summed E-state index contributed by atoms with van der Waals surface area (Å²) in [5.74, 6) is -1.95. The molecule has 3 N–H and O–H groups in total. The molecule has 9 nitrogen and oxygen atoms in total. The molecule has 188 valence electrons. The van der Waals surface area contributed by atoms with Gasteiger partial charge in [-0.15, -0.1) is 6.58 Å². The highest BCUT2D eigenvalue weighted by Gasteiger charge is 2.34. The first-order chi connectivity index (χ1) is 15.4. The number of alkyl halides is 3. The van der Waals surface area contributed by atoms with Gasteiger partial charge in [0.1, 0.15) is 24.7 Å². The van der Waals surface area contributed by atoms with Crippen molar-refractivity contribution in [3.8, 4) is 0 Å². The van der Waals surface area contributed by atoms with Crippen LogP contribution in [0.15, 0.2) is 12.7 Å². The van der Waals surface area contributed by atoms with E-state index in [4.69, 9.17) is 39.5 Å². The van der Waals surface area contributed by atoms with Crippen molar-refractivity contribution in [1.82, 2.24) is 21.1 Å². The second-order valence-electron chi connectivity index (χ2n) is 8.24. The third-order valence-electron chi connectivity index (χ3n) is 4.92. The van der Waals surface area contributed by atoms with Crippen LogP contribution in [-0.2, 0) is 23.9 Å². The van der Waals surface area contributed by atoms with Gasteiger partial charge in [0, 0.05) is 13.0 Å². The Morgan fingerprint density at radius 3 is 2.45 bits per heavy atom. The molecule has 33 heavy (non-hydrogen) atoms. The van der Waals surface area contributed by atoms with Crippen molar-refractivity contribution in [3.05, 3.63) is 12.7 Å². The molecule has 0 aromatic carbocycles. The number of esters is 1. The quantitative estimate of drug-likeness (QED) is 0.164. The van der Waals surface area contributed by atoms with Gasteiger partial charge in [-0.1, -0.05) is 54.7 Å². The van der Waals surface area contributed by atoms with E-state index in [1.54, 1.807) is 19.9 Å². The van der Waals surface area contributed by atoms with Crippen molar-refractivity contribution in [2.75, 3.05) is 13.2 Å². The van der Waals surface area contributed by atoms with Crippen LogP contribution in [0.1, 0.15) is 52.9 Å². The minimum Gasteiger partial charge on any atom is -0.460 e. The third-order valence-corrected chi connectivity index (χ3v) is 5.25. The molecule has 1 aliphatic rings. The highest BCUT2D eigenvalue weighted by molar-refractivity contribution is 6.67. The zero-order valence-corrected chi connectivity index (χ0v) is 21.4. The summed E-state index contributed by atoms with van der Waals surface area (Å²) in [4.78, 5) is 49.9. The fourth-order valence-corrected chi connectivity index (χ4v) is 3.32. The van der Waals surface area contributed by atoms with Crippen molar-refractivity contribution in [2.24, 2.45) is 5.92 Å². The maximum atomic E-state index is 12.8. The summed E-state index contributed by atoms with van der Waals surface area (Å²) < 4.78 is 3.25. The first-order valence-corrected chi connectivity index (χ1v) is 12.0. The number of unbranched alkanes of at least 4 members (excludes halogenated alkanes) is 1. The van der Waals surface area contributed by atoms with Crippen LogP contribution in [0.4, 0.5) is 0 Å². The molecule has 0 aromatic heterocycles. The third kappa shape index (κ3) is 10.9. The summed E-state index contributed by atoms with van der Waals surface area (Å²) in [5, 5.41) is 6.65. The molecule has 1 aliphatic heterocycles. The van der Waals surface area contributed by atoms with Crippen LogP contribution in [0.3, 0.4) is 0 Å². The number of ether oxygens (including phenoxy) is 1. The molecule has 1 unspecified atom stereocenters. The lowest BCUT2D eigenvalue weighted by atomic mass is 10.0. The Bertz CT molecular complexity index is 715. The average molecular weight is 528 g/mol. The van der Waals surface area contributed by atoms with Crippen LogP contribution in [0.2, 0.25) is 0 Å². The largest absolute Gasteiger partial charge is 0.460 e. The Labute approximate surface area is 209 Å². The zero-order chi connectivity index (χ0) is 25.2. The minimum absolute atomic E-state index is 0.180. The number of nitrogens with one attached hydrogen (secondary N) is 3. The normalized spacial score (nSPS) is 18.3. The second kappa shape index (κ2) is 14.0. The number of allylic oxidation sites excluding steroid dienone is 1. The molecule has 0 bridgehead atoms. The van der Waals surface area contributed by atoms with Gasteiger partial charge < -0.3 is 15.4 Å². The number of hydrazine groups is 1. The lowest BCUT2D eigenvalue weighted by Crippen LogP contribution is -2.61. The maximum Gasteiger partial charge on any atom is 0.325 e. The number of halogens is 3. The van der Waals surface area contributed by atoms with Crippen molar-refractivity contribution in [2.45, 2.75) is 74.8 Å². The van der Waals surface area contributed by atoms with Crippen molar-refractivity contribution < 1.29 is 23.9 Å². The van der Waals surface area contributed by atoms with Crippen LogP contribution in [0, 0.1) is 5.92 Å². The summed E-state index contributed by atoms with van der Waals surface area (Å²) in [6, 6.07) is -2.45. The van der Waals surface area contributed by atoms with Gasteiger partial charge >= 0.3 is 5.97 Å². The molecule has 0 spiro atoms. The number of rotatable bonds is 11. The van der Waals surface area contributed by atoms with E-state index in [2.05, 4.69) is 22.6 Å². The first kappa shape index (κ1) is 29.5. The van der Waals surface area contributed by atoms with Crippen molar-refractivity contribution >= 4 is 58.5 Å². The molecule has 0 aliphatic carbocycles. The predicted molar refractivity (Wildman–Crippen MR) is 128 cm³/mol. The van der Waals surface area contributed by atoms with Gasteiger partial charge in [-0.25, -0.2) is 5.43 Å². The lowest BCUT2D eigenvalue weighted by molar-refractivity contribution is -0.152.